The molecule has 172 valence electrons. The Hall–Kier alpha value is -3.62. The van der Waals surface area contributed by atoms with Gasteiger partial charge < -0.3 is 20.1 Å². The number of halogens is 1. The van der Waals surface area contributed by atoms with Crippen LogP contribution in [-0.4, -0.2) is 29.2 Å². The molecule has 0 saturated heterocycles. The number of hydrogen-bond donors (Lipinski definition) is 2. The molecule has 9 heteroatoms. The maximum atomic E-state index is 6.22. The van der Waals surface area contributed by atoms with E-state index in [-0.39, 0.29) is 11.3 Å². The zero-order valence-corrected chi connectivity index (χ0v) is 20.4. The zero-order chi connectivity index (χ0) is 23.7. The van der Waals surface area contributed by atoms with Crippen LogP contribution in [0.4, 0.5) is 17.2 Å². The van der Waals surface area contributed by atoms with E-state index in [1.807, 2.05) is 35.8 Å². The van der Waals surface area contributed by atoms with Gasteiger partial charge in [-0.15, -0.1) is 11.3 Å². The normalized spacial score (nSPS) is 12.0. The quantitative estimate of drug-likeness (QED) is 0.241. The van der Waals surface area contributed by atoms with Crippen LogP contribution in [0.3, 0.4) is 0 Å². The SMILES string of the molecule is COc1cc2nc(Cl)nc(NC(C)c3cccc(Nc4ccc5ncsc5c4)c3)c2cc1OC. The highest BCUT2D eigenvalue weighted by Crippen LogP contribution is 2.36. The van der Waals surface area contributed by atoms with Gasteiger partial charge in [-0.1, -0.05) is 12.1 Å². The molecule has 2 heterocycles. The molecule has 5 rings (SSSR count). The van der Waals surface area contributed by atoms with Gasteiger partial charge in [0.1, 0.15) is 5.82 Å². The molecular weight excluding hydrogens is 470 g/mol. The van der Waals surface area contributed by atoms with Crippen LogP contribution < -0.4 is 20.1 Å². The number of nitrogens with zero attached hydrogens (tertiary/aromatic N) is 3. The van der Waals surface area contributed by atoms with Crippen molar-refractivity contribution in [3.8, 4) is 11.5 Å². The van der Waals surface area contributed by atoms with E-state index < -0.39 is 0 Å². The van der Waals surface area contributed by atoms with E-state index in [0.29, 0.717) is 22.8 Å². The molecule has 0 fully saturated rings. The number of anilines is 3. The van der Waals surface area contributed by atoms with E-state index in [2.05, 4.69) is 50.7 Å². The number of hydrogen-bond acceptors (Lipinski definition) is 8. The van der Waals surface area contributed by atoms with Gasteiger partial charge in [0.25, 0.3) is 0 Å². The number of nitrogens with one attached hydrogen (secondary N) is 2. The van der Waals surface area contributed by atoms with Gasteiger partial charge in [0.15, 0.2) is 11.5 Å². The van der Waals surface area contributed by atoms with E-state index in [4.69, 9.17) is 21.1 Å². The molecule has 2 N–H and O–H groups in total. The summed E-state index contributed by atoms with van der Waals surface area (Å²) in [5, 5.41) is 7.91. The minimum atomic E-state index is -0.0482. The third-order valence-corrected chi connectivity index (χ3v) is 6.49. The Kier molecular flexibility index (Phi) is 6.08. The lowest BCUT2D eigenvalue weighted by atomic mass is 10.1. The molecule has 7 nitrogen and oxygen atoms in total. The Morgan fingerprint density at radius 1 is 0.912 bits per heavy atom. The van der Waals surface area contributed by atoms with Gasteiger partial charge in [-0.3, -0.25) is 0 Å². The van der Waals surface area contributed by atoms with Crippen LogP contribution in [0.2, 0.25) is 5.28 Å². The van der Waals surface area contributed by atoms with E-state index in [0.717, 1.165) is 32.5 Å². The molecule has 0 aliphatic heterocycles. The Morgan fingerprint density at radius 2 is 1.71 bits per heavy atom. The maximum Gasteiger partial charge on any atom is 0.224 e. The first-order chi connectivity index (χ1) is 16.5. The Labute approximate surface area is 205 Å². The fraction of sp³-hybridized carbons (Fsp3) is 0.160. The fourth-order valence-corrected chi connectivity index (χ4v) is 4.70. The number of rotatable bonds is 7. The Morgan fingerprint density at radius 3 is 2.53 bits per heavy atom. The third-order valence-electron chi connectivity index (χ3n) is 5.53. The summed E-state index contributed by atoms with van der Waals surface area (Å²) >= 11 is 7.85. The van der Waals surface area contributed by atoms with Crippen LogP contribution in [0, 0.1) is 0 Å². The number of ether oxygens (including phenoxy) is 2. The highest BCUT2D eigenvalue weighted by atomic mass is 35.5. The van der Waals surface area contributed by atoms with Gasteiger partial charge in [-0.2, -0.15) is 0 Å². The van der Waals surface area contributed by atoms with Crippen LogP contribution >= 0.6 is 22.9 Å². The van der Waals surface area contributed by atoms with Gasteiger partial charge in [-0.05, 0) is 60.5 Å². The minimum absolute atomic E-state index is 0.0482. The standard InChI is InChI=1S/C25H22ClN5O2S/c1-14(28-24-18-11-21(32-2)22(33-3)12-20(18)30-25(26)31-24)15-5-4-6-16(9-15)29-17-7-8-19-23(10-17)34-13-27-19/h4-14,29H,1-3H3,(H,28,30,31). The molecule has 3 aromatic carbocycles. The molecule has 0 amide bonds. The molecule has 1 atom stereocenters. The van der Waals surface area contributed by atoms with Crippen molar-refractivity contribution in [3.05, 3.63) is 71.0 Å². The molecule has 5 aromatic rings. The molecule has 0 aliphatic rings. The topological polar surface area (TPSA) is 81.2 Å². The fourth-order valence-electron chi connectivity index (χ4n) is 3.81. The molecule has 0 radical (unpaired) electrons. The van der Waals surface area contributed by atoms with Crippen LogP contribution in [0.25, 0.3) is 21.1 Å². The lowest BCUT2D eigenvalue weighted by Crippen LogP contribution is -2.09. The third kappa shape index (κ3) is 4.42. The summed E-state index contributed by atoms with van der Waals surface area (Å²) in [4.78, 5) is 13.1. The molecule has 1 unspecified atom stereocenters. The van der Waals surface area contributed by atoms with Crippen molar-refractivity contribution in [1.29, 1.82) is 0 Å². The first-order valence-corrected chi connectivity index (χ1v) is 11.9. The van der Waals surface area contributed by atoms with Crippen molar-refractivity contribution in [2.45, 2.75) is 13.0 Å². The summed E-state index contributed by atoms with van der Waals surface area (Å²) < 4.78 is 12.0. The summed E-state index contributed by atoms with van der Waals surface area (Å²) in [5.74, 6) is 1.80. The predicted molar refractivity (Wildman–Crippen MR) is 139 cm³/mol. The van der Waals surface area contributed by atoms with Crippen molar-refractivity contribution in [1.82, 2.24) is 15.0 Å². The lowest BCUT2D eigenvalue weighted by Gasteiger charge is -2.18. The minimum Gasteiger partial charge on any atom is -0.493 e. The van der Waals surface area contributed by atoms with Gasteiger partial charge >= 0.3 is 0 Å². The number of aromatic nitrogens is 3. The van der Waals surface area contributed by atoms with Gasteiger partial charge in [-0.25, -0.2) is 15.0 Å². The molecule has 0 spiro atoms. The van der Waals surface area contributed by atoms with E-state index in [1.54, 1.807) is 31.6 Å². The summed E-state index contributed by atoms with van der Waals surface area (Å²) in [6.07, 6.45) is 0. The van der Waals surface area contributed by atoms with Crippen molar-refractivity contribution < 1.29 is 9.47 Å². The van der Waals surface area contributed by atoms with Crippen molar-refractivity contribution in [2.75, 3.05) is 24.9 Å². The number of thiazole rings is 1. The monoisotopic (exact) mass is 491 g/mol. The van der Waals surface area contributed by atoms with Gasteiger partial charge in [0.05, 0.1) is 41.5 Å². The second kappa shape index (κ2) is 9.32. The highest BCUT2D eigenvalue weighted by Gasteiger charge is 2.15. The van der Waals surface area contributed by atoms with Gasteiger partial charge in [0, 0.05) is 22.8 Å². The second-order valence-electron chi connectivity index (χ2n) is 7.72. The van der Waals surface area contributed by atoms with Crippen LogP contribution in [-0.2, 0) is 0 Å². The number of methoxy groups -OCH3 is 2. The summed E-state index contributed by atoms with van der Waals surface area (Å²) in [7, 11) is 3.19. The summed E-state index contributed by atoms with van der Waals surface area (Å²) in [6, 6.07) is 18.0. The predicted octanol–water partition coefficient (Wildman–Crippen LogP) is 6.83. The molecule has 2 aromatic heterocycles. The molecule has 0 bridgehead atoms. The lowest BCUT2D eigenvalue weighted by molar-refractivity contribution is 0.356. The first kappa shape index (κ1) is 22.2. The van der Waals surface area contributed by atoms with E-state index >= 15 is 0 Å². The van der Waals surface area contributed by atoms with Crippen LogP contribution in [0.15, 0.2) is 60.1 Å². The molecule has 34 heavy (non-hydrogen) atoms. The van der Waals surface area contributed by atoms with Crippen LogP contribution in [0.5, 0.6) is 11.5 Å². The van der Waals surface area contributed by atoms with Crippen molar-refractivity contribution in [3.63, 3.8) is 0 Å². The first-order valence-electron chi connectivity index (χ1n) is 10.6. The van der Waals surface area contributed by atoms with E-state index in [1.165, 1.54) is 0 Å². The Balaban J connectivity index is 1.42. The average molecular weight is 492 g/mol. The van der Waals surface area contributed by atoms with E-state index in [9.17, 15) is 0 Å². The largest absolute Gasteiger partial charge is 0.493 e. The molecule has 0 saturated carbocycles. The van der Waals surface area contributed by atoms with Gasteiger partial charge in [0.2, 0.25) is 5.28 Å². The molecule has 0 aliphatic carbocycles. The smallest absolute Gasteiger partial charge is 0.224 e. The number of benzene rings is 3. The highest BCUT2D eigenvalue weighted by molar-refractivity contribution is 7.16. The van der Waals surface area contributed by atoms with Crippen LogP contribution in [0.1, 0.15) is 18.5 Å². The summed E-state index contributed by atoms with van der Waals surface area (Å²) in [6.45, 7) is 2.07. The Bertz CT molecular complexity index is 1490. The van der Waals surface area contributed by atoms with Crippen molar-refractivity contribution in [2.24, 2.45) is 0 Å². The number of fused-ring (bicyclic) bond motifs is 2. The van der Waals surface area contributed by atoms with Crippen molar-refractivity contribution >= 4 is 61.2 Å². The molecular formula is C25H22ClN5O2S. The summed E-state index contributed by atoms with van der Waals surface area (Å²) in [5.41, 5.74) is 6.63. The maximum absolute atomic E-state index is 6.22. The average Bonchev–Trinajstić information content (AvgIpc) is 3.31. The zero-order valence-electron chi connectivity index (χ0n) is 18.8. The second-order valence-corrected chi connectivity index (χ2v) is 8.94.